The molecule has 1 amide bonds. The molecule has 2 N–H and O–H groups in total. The lowest BCUT2D eigenvalue weighted by atomic mass is 10.1. The molecule has 2 rings (SSSR count). The maximum absolute atomic E-state index is 11.6. The molecule has 2 saturated heterocycles. The highest BCUT2D eigenvalue weighted by Crippen LogP contribution is 2.10. The van der Waals surface area contributed by atoms with Crippen LogP contribution in [0.5, 0.6) is 0 Å². The van der Waals surface area contributed by atoms with Gasteiger partial charge in [-0.25, -0.2) is 0 Å². The van der Waals surface area contributed by atoms with Crippen LogP contribution in [0.4, 0.5) is 0 Å². The first-order chi connectivity index (χ1) is 6.36. The van der Waals surface area contributed by atoms with Crippen molar-refractivity contribution in [2.75, 3.05) is 26.3 Å². The van der Waals surface area contributed by atoms with Gasteiger partial charge in [0, 0.05) is 13.2 Å². The van der Waals surface area contributed by atoms with Crippen molar-refractivity contribution >= 4 is 18.3 Å². The maximum Gasteiger partial charge on any atom is 0.224 e. The molecule has 0 aliphatic carbocycles. The number of ether oxygens (including phenoxy) is 1. The van der Waals surface area contributed by atoms with E-state index in [0.29, 0.717) is 6.61 Å². The second-order valence-electron chi connectivity index (χ2n) is 3.76. The van der Waals surface area contributed by atoms with Crippen LogP contribution in [-0.2, 0) is 9.53 Å². The zero-order chi connectivity index (χ0) is 9.10. The number of rotatable bonds is 2. The summed E-state index contributed by atoms with van der Waals surface area (Å²) in [7, 11) is 0. The standard InChI is InChI=1S/C9H16N2O2.ClH/c12-9(7-1-3-10-5-7)11-8-2-4-13-6-8;/h7-8,10H,1-6H2,(H,11,12);1H/t7-,8?;/m1./s1. The number of hydrogen-bond acceptors (Lipinski definition) is 3. The van der Waals surface area contributed by atoms with Gasteiger partial charge in [0.1, 0.15) is 0 Å². The third-order valence-electron chi connectivity index (χ3n) is 2.71. The maximum atomic E-state index is 11.6. The number of hydrogen-bond donors (Lipinski definition) is 2. The molecule has 2 atom stereocenters. The Morgan fingerprint density at radius 2 is 2.29 bits per heavy atom. The molecule has 4 nitrogen and oxygen atoms in total. The average molecular weight is 221 g/mol. The predicted molar refractivity (Wildman–Crippen MR) is 55.6 cm³/mol. The van der Waals surface area contributed by atoms with Gasteiger partial charge in [0.05, 0.1) is 18.6 Å². The lowest BCUT2D eigenvalue weighted by Gasteiger charge is -2.13. The lowest BCUT2D eigenvalue weighted by molar-refractivity contribution is -0.125. The Kier molecular flexibility index (Phi) is 4.65. The molecule has 2 aliphatic rings. The first kappa shape index (κ1) is 11.8. The highest BCUT2D eigenvalue weighted by atomic mass is 35.5. The summed E-state index contributed by atoms with van der Waals surface area (Å²) in [4.78, 5) is 11.6. The minimum atomic E-state index is 0. The summed E-state index contributed by atoms with van der Waals surface area (Å²) in [5.41, 5.74) is 0. The summed E-state index contributed by atoms with van der Waals surface area (Å²) in [6.07, 6.45) is 1.94. The van der Waals surface area contributed by atoms with Crippen LogP contribution in [0.15, 0.2) is 0 Å². The van der Waals surface area contributed by atoms with E-state index in [1.54, 1.807) is 0 Å². The number of amides is 1. The average Bonchev–Trinajstić information content (AvgIpc) is 2.74. The summed E-state index contributed by atoms with van der Waals surface area (Å²) in [6, 6.07) is 0.257. The fourth-order valence-electron chi connectivity index (χ4n) is 1.85. The Balaban J connectivity index is 0.000000980. The van der Waals surface area contributed by atoms with Gasteiger partial charge in [-0.1, -0.05) is 0 Å². The minimum absolute atomic E-state index is 0. The highest BCUT2D eigenvalue weighted by molar-refractivity contribution is 5.85. The summed E-state index contributed by atoms with van der Waals surface area (Å²) < 4.78 is 5.19. The second-order valence-corrected chi connectivity index (χ2v) is 3.76. The first-order valence-corrected chi connectivity index (χ1v) is 4.95. The van der Waals surface area contributed by atoms with Crippen molar-refractivity contribution in [2.24, 2.45) is 5.92 Å². The molecule has 0 saturated carbocycles. The molecule has 0 aromatic heterocycles. The second kappa shape index (κ2) is 5.53. The monoisotopic (exact) mass is 220 g/mol. The van der Waals surface area contributed by atoms with Crippen LogP contribution in [0.25, 0.3) is 0 Å². The van der Waals surface area contributed by atoms with Gasteiger partial charge in [0.2, 0.25) is 5.91 Å². The third kappa shape index (κ3) is 2.83. The van der Waals surface area contributed by atoms with E-state index in [1.165, 1.54) is 0 Å². The summed E-state index contributed by atoms with van der Waals surface area (Å²) in [5.74, 6) is 0.376. The summed E-state index contributed by atoms with van der Waals surface area (Å²) in [5, 5.41) is 6.20. The molecule has 82 valence electrons. The largest absolute Gasteiger partial charge is 0.379 e. The van der Waals surface area contributed by atoms with Crippen LogP contribution in [0.2, 0.25) is 0 Å². The molecule has 0 bridgehead atoms. The van der Waals surface area contributed by atoms with Gasteiger partial charge in [-0.3, -0.25) is 4.79 Å². The van der Waals surface area contributed by atoms with Crippen molar-refractivity contribution in [3.63, 3.8) is 0 Å². The molecule has 2 heterocycles. The number of halogens is 1. The van der Waals surface area contributed by atoms with Crippen molar-refractivity contribution in [3.8, 4) is 0 Å². The van der Waals surface area contributed by atoms with Crippen LogP contribution in [0.3, 0.4) is 0 Å². The fraction of sp³-hybridized carbons (Fsp3) is 0.889. The van der Waals surface area contributed by atoms with E-state index in [-0.39, 0.29) is 30.3 Å². The number of nitrogens with one attached hydrogen (secondary N) is 2. The van der Waals surface area contributed by atoms with Crippen molar-refractivity contribution in [1.82, 2.24) is 10.6 Å². The van der Waals surface area contributed by atoms with Gasteiger partial charge >= 0.3 is 0 Å². The Morgan fingerprint density at radius 3 is 2.86 bits per heavy atom. The normalized spacial score (nSPS) is 31.1. The third-order valence-corrected chi connectivity index (χ3v) is 2.71. The smallest absolute Gasteiger partial charge is 0.224 e. The molecule has 0 radical (unpaired) electrons. The molecule has 0 aromatic carbocycles. The predicted octanol–water partition coefficient (Wildman–Crippen LogP) is -0.0772. The molecule has 14 heavy (non-hydrogen) atoms. The molecule has 2 fully saturated rings. The van der Waals surface area contributed by atoms with Crippen molar-refractivity contribution < 1.29 is 9.53 Å². The molecular weight excluding hydrogens is 204 g/mol. The number of carbonyl (C=O) groups is 1. The van der Waals surface area contributed by atoms with E-state index >= 15 is 0 Å². The SMILES string of the molecule is Cl.O=C(NC1CCOC1)[C@@H]1CCNC1. The van der Waals surface area contributed by atoms with Crippen LogP contribution in [0, 0.1) is 5.92 Å². The molecule has 5 heteroatoms. The zero-order valence-electron chi connectivity index (χ0n) is 8.12. The van der Waals surface area contributed by atoms with Crippen LogP contribution < -0.4 is 10.6 Å². The van der Waals surface area contributed by atoms with E-state index in [2.05, 4.69) is 10.6 Å². The van der Waals surface area contributed by atoms with E-state index in [4.69, 9.17) is 4.74 Å². The van der Waals surface area contributed by atoms with Crippen molar-refractivity contribution in [2.45, 2.75) is 18.9 Å². The van der Waals surface area contributed by atoms with E-state index < -0.39 is 0 Å². The molecule has 1 unspecified atom stereocenters. The Hall–Kier alpha value is -0.320. The topological polar surface area (TPSA) is 50.4 Å². The van der Waals surface area contributed by atoms with Gasteiger partial charge in [-0.05, 0) is 19.4 Å². The van der Waals surface area contributed by atoms with Gasteiger partial charge in [-0.15, -0.1) is 12.4 Å². The molecule has 2 aliphatic heterocycles. The van der Waals surface area contributed by atoms with Gasteiger partial charge < -0.3 is 15.4 Å². The fourth-order valence-corrected chi connectivity index (χ4v) is 1.85. The van der Waals surface area contributed by atoms with Crippen LogP contribution >= 0.6 is 12.4 Å². The highest BCUT2D eigenvalue weighted by Gasteiger charge is 2.25. The zero-order valence-corrected chi connectivity index (χ0v) is 8.94. The van der Waals surface area contributed by atoms with Gasteiger partial charge in [0.15, 0.2) is 0 Å². The van der Waals surface area contributed by atoms with Crippen molar-refractivity contribution in [1.29, 1.82) is 0 Å². The Morgan fingerprint density at radius 1 is 1.43 bits per heavy atom. The van der Waals surface area contributed by atoms with Crippen LogP contribution in [-0.4, -0.2) is 38.3 Å². The Bertz CT molecular complexity index is 189. The molecule has 0 spiro atoms. The summed E-state index contributed by atoms with van der Waals surface area (Å²) in [6.45, 7) is 3.28. The van der Waals surface area contributed by atoms with E-state index in [1.807, 2.05) is 0 Å². The van der Waals surface area contributed by atoms with E-state index in [9.17, 15) is 4.79 Å². The minimum Gasteiger partial charge on any atom is -0.379 e. The summed E-state index contributed by atoms with van der Waals surface area (Å²) >= 11 is 0. The van der Waals surface area contributed by atoms with Crippen LogP contribution in [0.1, 0.15) is 12.8 Å². The molecular formula is C9H17ClN2O2. The lowest BCUT2D eigenvalue weighted by Crippen LogP contribution is -2.39. The quantitative estimate of drug-likeness (QED) is 0.685. The van der Waals surface area contributed by atoms with Crippen molar-refractivity contribution in [3.05, 3.63) is 0 Å². The van der Waals surface area contributed by atoms with Gasteiger partial charge in [-0.2, -0.15) is 0 Å². The van der Waals surface area contributed by atoms with E-state index in [0.717, 1.165) is 32.5 Å². The molecule has 0 aromatic rings. The first-order valence-electron chi connectivity index (χ1n) is 4.95. The Labute approximate surface area is 90.2 Å². The number of carbonyl (C=O) groups excluding carboxylic acids is 1. The van der Waals surface area contributed by atoms with Gasteiger partial charge in [0.25, 0.3) is 0 Å².